The van der Waals surface area contributed by atoms with Crippen molar-refractivity contribution in [1.29, 1.82) is 0 Å². The van der Waals surface area contributed by atoms with E-state index in [0.29, 0.717) is 6.04 Å². The first-order valence-corrected chi connectivity index (χ1v) is 6.64. The molecule has 1 aliphatic heterocycles. The van der Waals surface area contributed by atoms with Crippen LogP contribution < -0.4 is 5.32 Å². The summed E-state index contributed by atoms with van der Waals surface area (Å²) in [6.45, 7) is 10.4. The van der Waals surface area contributed by atoms with Crippen LogP contribution in [0.5, 0.6) is 0 Å². The molecule has 17 heavy (non-hydrogen) atoms. The molecule has 0 saturated carbocycles. The van der Waals surface area contributed by atoms with Gasteiger partial charge in [0.05, 0.1) is 0 Å². The summed E-state index contributed by atoms with van der Waals surface area (Å²) < 4.78 is 0. The Bertz CT molecular complexity index is 345. The average molecular weight is 232 g/mol. The Kier molecular flexibility index (Phi) is 3.85. The predicted octanol–water partition coefficient (Wildman–Crippen LogP) is 2.82. The Hall–Kier alpha value is -0.860. The number of hydrogen-bond donors (Lipinski definition) is 1. The molecule has 1 N–H and O–H groups in total. The summed E-state index contributed by atoms with van der Waals surface area (Å²) in [7, 11) is 0. The molecule has 0 aromatic heterocycles. The maximum atomic E-state index is 3.50. The van der Waals surface area contributed by atoms with E-state index in [1.54, 1.807) is 0 Å². The quantitative estimate of drug-likeness (QED) is 0.843. The van der Waals surface area contributed by atoms with Crippen LogP contribution in [0.2, 0.25) is 0 Å². The zero-order chi connectivity index (χ0) is 12.3. The summed E-state index contributed by atoms with van der Waals surface area (Å²) in [6, 6.07) is 11.3. The van der Waals surface area contributed by atoms with Crippen LogP contribution in [0.3, 0.4) is 0 Å². The Morgan fingerprint density at radius 3 is 2.59 bits per heavy atom. The van der Waals surface area contributed by atoms with E-state index in [-0.39, 0.29) is 5.54 Å². The molecule has 0 amide bonds. The van der Waals surface area contributed by atoms with Crippen molar-refractivity contribution in [1.82, 2.24) is 10.2 Å². The van der Waals surface area contributed by atoms with Crippen LogP contribution in [0, 0.1) is 0 Å². The van der Waals surface area contributed by atoms with Crippen molar-refractivity contribution in [3.63, 3.8) is 0 Å². The van der Waals surface area contributed by atoms with Crippen molar-refractivity contribution in [2.24, 2.45) is 0 Å². The van der Waals surface area contributed by atoms with Crippen LogP contribution in [0.1, 0.15) is 38.8 Å². The largest absolute Gasteiger partial charge is 0.315 e. The highest BCUT2D eigenvalue weighted by molar-refractivity contribution is 5.19. The van der Waals surface area contributed by atoms with E-state index < -0.39 is 0 Å². The van der Waals surface area contributed by atoms with Crippen LogP contribution in [-0.2, 0) is 0 Å². The molecule has 0 spiro atoms. The molecule has 0 bridgehead atoms. The van der Waals surface area contributed by atoms with Crippen LogP contribution >= 0.6 is 0 Å². The van der Waals surface area contributed by atoms with Gasteiger partial charge in [-0.05, 0) is 39.3 Å². The highest BCUT2D eigenvalue weighted by Gasteiger charge is 2.31. The van der Waals surface area contributed by atoms with E-state index in [1.165, 1.54) is 12.0 Å². The summed E-state index contributed by atoms with van der Waals surface area (Å²) in [6.07, 6.45) is 1.21. The van der Waals surface area contributed by atoms with Crippen LogP contribution in [0.15, 0.2) is 30.3 Å². The molecule has 2 rings (SSSR count). The molecule has 1 unspecified atom stereocenters. The first-order valence-electron chi connectivity index (χ1n) is 6.64. The zero-order valence-electron chi connectivity index (χ0n) is 11.2. The van der Waals surface area contributed by atoms with Crippen LogP contribution in [0.25, 0.3) is 0 Å². The van der Waals surface area contributed by atoms with Crippen LogP contribution in [-0.4, -0.2) is 30.1 Å². The molecule has 1 aliphatic rings. The fourth-order valence-corrected chi connectivity index (χ4v) is 2.79. The van der Waals surface area contributed by atoms with Crippen molar-refractivity contribution >= 4 is 0 Å². The maximum absolute atomic E-state index is 3.50. The molecular weight excluding hydrogens is 208 g/mol. The smallest absolute Gasteiger partial charge is 0.0325 e. The van der Waals surface area contributed by atoms with Gasteiger partial charge in [-0.1, -0.05) is 30.3 Å². The van der Waals surface area contributed by atoms with E-state index >= 15 is 0 Å². The second-order valence-corrected chi connectivity index (χ2v) is 5.59. The van der Waals surface area contributed by atoms with Gasteiger partial charge in [-0.3, -0.25) is 4.90 Å². The van der Waals surface area contributed by atoms with Gasteiger partial charge in [-0.2, -0.15) is 0 Å². The van der Waals surface area contributed by atoms with Gasteiger partial charge in [-0.15, -0.1) is 0 Å². The third kappa shape index (κ3) is 2.88. The van der Waals surface area contributed by atoms with E-state index in [0.717, 1.165) is 19.6 Å². The summed E-state index contributed by atoms with van der Waals surface area (Å²) >= 11 is 0. The molecule has 1 atom stereocenters. The SMILES string of the molecule is CC(c1ccccc1)N1CCNCCC1(C)C. The molecule has 1 aromatic rings. The van der Waals surface area contributed by atoms with Crippen molar-refractivity contribution in [3.05, 3.63) is 35.9 Å². The van der Waals surface area contributed by atoms with Crippen molar-refractivity contribution in [3.8, 4) is 0 Å². The summed E-state index contributed by atoms with van der Waals surface area (Å²) in [4.78, 5) is 2.63. The van der Waals surface area contributed by atoms with Gasteiger partial charge >= 0.3 is 0 Å². The number of benzene rings is 1. The molecule has 94 valence electrons. The van der Waals surface area contributed by atoms with Gasteiger partial charge in [0, 0.05) is 24.7 Å². The molecule has 1 fully saturated rings. The van der Waals surface area contributed by atoms with E-state index in [4.69, 9.17) is 0 Å². The van der Waals surface area contributed by atoms with Gasteiger partial charge in [0.2, 0.25) is 0 Å². The monoisotopic (exact) mass is 232 g/mol. The van der Waals surface area contributed by atoms with Crippen molar-refractivity contribution in [2.75, 3.05) is 19.6 Å². The third-order valence-corrected chi connectivity index (χ3v) is 3.97. The van der Waals surface area contributed by atoms with Gasteiger partial charge in [-0.25, -0.2) is 0 Å². The molecular formula is C15H24N2. The molecule has 0 radical (unpaired) electrons. The van der Waals surface area contributed by atoms with E-state index in [9.17, 15) is 0 Å². The van der Waals surface area contributed by atoms with Crippen molar-refractivity contribution < 1.29 is 0 Å². The second-order valence-electron chi connectivity index (χ2n) is 5.59. The minimum Gasteiger partial charge on any atom is -0.315 e. The fourth-order valence-electron chi connectivity index (χ4n) is 2.79. The lowest BCUT2D eigenvalue weighted by Crippen LogP contribution is -2.45. The van der Waals surface area contributed by atoms with Crippen molar-refractivity contribution in [2.45, 2.75) is 38.8 Å². The summed E-state index contributed by atoms with van der Waals surface area (Å²) in [5, 5.41) is 3.50. The van der Waals surface area contributed by atoms with Crippen LogP contribution in [0.4, 0.5) is 0 Å². The second kappa shape index (κ2) is 5.19. The lowest BCUT2D eigenvalue weighted by atomic mass is 9.94. The third-order valence-electron chi connectivity index (χ3n) is 3.97. The normalized spacial score (nSPS) is 23.0. The summed E-state index contributed by atoms with van der Waals surface area (Å²) in [5.74, 6) is 0. The number of hydrogen-bond acceptors (Lipinski definition) is 2. The average Bonchev–Trinajstić information content (AvgIpc) is 2.50. The highest BCUT2D eigenvalue weighted by Crippen LogP contribution is 2.30. The van der Waals surface area contributed by atoms with E-state index in [1.807, 2.05) is 0 Å². The molecule has 2 nitrogen and oxygen atoms in total. The van der Waals surface area contributed by atoms with Gasteiger partial charge in [0.25, 0.3) is 0 Å². The van der Waals surface area contributed by atoms with E-state index in [2.05, 4.69) is 61.3 Å². The molecule has 2 heteroatoms. The highest BCUT2D eigenvalue weighted by atomic mass is 15.2. The minimum absolute atomic E-state index is 0.277. The maximum Gasteiger partial charge on any atom is 0.0325 e. The predicted molar refractivity (Wildman–Crippen MR) is 73.1 cm³/mol. The molecule has 0 aliphatic carbocycles. The standard InChI is InChI=1S/C15H24N2/c1-13(14-7-5-4-6-8-14)17-12-11-16-10-9-15(17,2)3/h4-8,13,16H,9-12H2,1-3H3. The molecule has 1 heterocycles. The first-order chi connectivity index (χ1) is 8.11. The number of rotatable bonds is 2. The lowest BCUT2D eigenvalue weighted by molar-refractivity contribution is 0.0837. The summed E-state index contributed by atoms with van der Waals surface area (Å²) in [5.41, 5.74) is 1.70. The number of nitrogens with zero attached hydrogens (tertiary/aromatic N) is 1. The Morgan fingerprint density at radius 1 is 1.18 bits per heavy atom. The van der Waals surface area contributed by atoms with Gasteiger partial charge in [0.15, 0.2) is 0 Å². The minimum atomic E-state index is 0.277. The molecule has 1 aromatic carbocycles. The zero-order valence-corrected chi connectivity index (χ0v) is 11.2. The topological polar surface area (TPSA) is 15.3 Å². The number of nitrogens with one attached hydrogen (secondary N) is 1. The molecule has 1 saturated heterocycles. The fraction of sp³-hybridized carbons (Fsp3) is 0.600. The van der Waals surface area contributed by atoms with Gasteiger partial charge in [0.1, 0.15) is 0 Å². The Labute approximate surface area is 105 Å². The Balaban J connectivity index is 2.19. The lowest BCUT2D eigenvalue weighted by Gasteiger charge is -2.41. The van der Waals surface area contributed by atoms with Gasteiger partial charge < -0.3 is 5.32 Å². The first kappa shape index (κ1) is 12.6. The Morgan fingerprint density at radius 2 is 1.88 bits per heavy atom.